The van der Waals surface area contributed by atoms with Crippen LogP contribution >= 0.6 is 0 Å². The second kappa shape index (κ2) is 12.9. The minimum Gasteiger partial charge on any atom is -1.00 e. The molecule has 0 spiro atoms. The number of halogens is 1. The monoisotopic (exact) mass is 410 g/mol. The molecule has 0 heterocycles. The van der Waals surface area contributed by atoms with Crippen LogP contribution in [0.1, 0.15) is 6.42 Å². The maximum Gasteiger partial charge on any atom is -0.0623 e. The van der Waals surface area contributed by atoms with Crippen LogP contribution in [-0.4, -0.2) is 6.45 Å². The first-order valence-electron chi connectivity index (χ1n) is 7.89. The molecule has 1 aliphatic rings. The van der Waals surface area contributed by atoms with Crippen LogP contribution in [0, 0.1) is 0 Å². The van der Waals surface area contributed by atoms with Gasteiger partial charge in [0.25, 0.3) is 0 Å². The summed E-state index contributed by atoms with van der Waals surface area (Å²) < 4.78 is 1.73. The molecule has 0 N–H and O–H groups in total. The van der Waals surface area contributed by atoms with Gasteiger partial charge in [-0.25, -0.2) is 0 Å². The summed E-state index contributed by atoms with van der Waals surface area (Å²) in [5.41, 5.74) is 0. The molecule has 0 bridgehead atoms. The third-order valence-electron chi connectivity index (χ3n) is 2.72. The van der Waals surface area contributed by atoms with Crippen molar-refractivity contribution < 1.29 is 38.2 Å². The molecular formula is C20H24ClO2SiV. The molecule has 0 saturated heterocycles. The average Bonchev–Trinajstić information content (AvgIpc) is 3.01. The molecular weight excluding hydrogens is 387 g/mol. The van der Waals surface area contributed by atoms with Gasteiger partial charge < -0.3 is 22.6 Å². The molecule has 0 atom stereocenters. The Kier molecular flexibility index (Phi) is 12.2. The number of para-hydroxylation sites is 2. The Hall–Kier alpha value is -1.39. The SMILES string of the molecule is C[Si](C)(C)[V+3][C]1=CC=CC1.[Cl-].[O-]c1ccccc1.[O-]c1ccccc1. The predicted molar refractivity (Wildman–Crippen MR) is 97.0 cm³/mol. The molecule has 0 fully saturated rings. The molecule has 3 rings (SSSR count). The van der Waals surface area contributed by atoms with Crippen molar-refractivity contribution in [2.24, 2.45) is 0 Å². The van der Waals surface area contributed by atoms with Crippen molar-refractivity contribution in [3.63, 3.8) is 0 Å². The van der Waals surface area contributed by atoms with Gasteiger partial charge in [0.15, 0.2) is 0 Å². The number of hydrogen-bond acceptors (Lipinski definition) is 2. The van der Waals surface area contributed by atoms with Gasteiger partial charge in [-0.05, 0) is 0 Å². The number of allylic oxidation sites excluding steroid dienone is 4. The van der Waals surface area contributed by atoms with Gasteiger partial charge in [-0.15, -0.1) is 11.5 Å². The van der Waals surface area contributed by atoms with E-state index in [4.69, 9.17) is 0 Å². The van der Waals surface area contributed by atoms with Crippen molar-refractivity contribution in [3.05, 3.63) is 83.2 Å². The van der Waals surface area contributed by atoms with Crippen molar-refractivity contribution >= 4 is 6.45 Å². The molecule has 0 amide bonds. The Morgan fingerprint density at radius 2 is 1.24 bits per heavy atom. The molecule has 2 aromatic rings. The van der Waals surface area contributed by atoms with Crippen LogP contribution in [-0.2, 0) is 15.6 Å². The van der Waals surface area contributed by atoms with Gasteiger partial charge in [-0.3, -0.25) is 0 Å². The zero-order chi connectivity index (χ0) is 17.8. The fraction of sp³-hybridized carbons (Fsp3) is 0.200. The first-order valence-corrected chi connectivity index (χ1v) is 14.1. The summed E-state index contributed by atoms with van der Waals surface area (Å²) in [7, 11) is 0. The van der Waals surface area contributed by atoms with Gasteiger partial charge >= 0.3 is 70.6 Å². The normalized spacial score (nSPS) is 11.6. The molecule has 0 saturated carbocycles. The Morgan fingerprint density at radius 3 is 1.48 bits per heavy atom. The van der Waals surface area contributed by atoms with E-state index >= 15 is 0 Å². The summed E-state index contributed by atoms with van der Waals surface area (Å²) >= 11 is 0.557. The van der Waals surface area contributed by atoms with E-state index in [2.05, 4.69) is 37.9 Å². The molecule has 5 heteroatoms. The summed E-state index contributed by atoms with van der Waals surface area (Å²) in [4.78, 5) is 0. The van der Waals surface area contributed by atoms with E-state index in [9.17, 15) is 10.2 Å². The van der Waals surface area contributed by atoms with E-state index < -0.39 is 6.45 Å². The topological polar surface area (TPSA) is 46.1 Å². The minimum absolute atomic E-state index is 0. The van der Waals surface area contributed by atoms with E-state index in [1.54, 1.807) is 28.6 Å². The third kappa shape index (κ3) is 13.6. The van der Waals surface area contributed by atoms with Gasteiger partial charge in [-0.2, -0.15) is 0 Å². The first kappa shape index (κ1) is 23.6. The standard InChI is InChI=1S/2C6H6O.C5H5.C3H9Si.ClH.V/c2*7-6-4-2-1-3-5-6;1-2-4-5-3-1;1-4(2)3;;/h2*1-5,7H;1-3H,4H2;1-3H3;1H;/q;;;;;+3/p-3. The molecule has 0 radical (unpaired) electrons. The molecule has 0 unspecified atom stereocenters. The quantitative estimate of drug-likeness (QED) is 0.700. The van der Waals surface area contributed by atoms with E-state index in [0.29, 0.717) is 15.6 Å². The number of benzene rings is 2. The minimum atomic E-state index is -0.737. The van der Waals surface area contributed by atoms with Crippen LogP contribution < -0.4 is 22.6 Å². The van der Waals surface area contributed by atoms with Crippen molar-refractivity contribution in [1.29, 1.82) is 0 Å². The predicted octanol–water partition coefficient (Wildman–Crippen LogP) is 1.27. The summed E-state index contributed by atoms with van der Waals surface area (Å²) in [6.45, 7) is 7.39. The van der Waals surface area contributed by atoms with Crippen LogP contribution in [0.5, 0.6) is 11.5 Å². The Balaban J connectivity index is 0.000000347. The molecule has 0 aromatic heterocycles. The van der Waals surface area contributed by atoms with Crippen molar-refractivity contribution in [2.75, 3.05) is 0 Å². The second-order valence-corrected chi connectivity index (χ2v) is 19.0. The van der Waals surface area contributed by atoms with Crippen LogP contribution in [0.15, 0.2) is 83.2 Å². The Morgan fingerprint density at radius 1 is 0.800 bits per heavy atom. The summed E-state index contributed by atoms with van der Waals surface area (Å²) in [6, 6.07) is 16.7. The first-order chi connectivity index (χ1) is 11.4. The van der Waals surface area contributed by atoms with Gasteiger partial charge in [0.05, 0.1) is 0 Å². The van der Waals surface area contributed by atoms with Crippen LogP contribution in [0.3, 0.4) is 0 Å². The van der Waals surface area contributed by atoms with E-state index in [1.165, 1.54) is 30.7 Å². The smallest absolute Gasteiger partial charge is 0.0623 e. The van der Waals surface area contributed by atoms with Gasteiger partial charge in [0.1, 0.15) is 0 Å². The summed E-state index contributed by atoms with van der Waals surface area (Å²) in [5, 5.41) is 20.5. The fourth-order valence-electron chi connectivity index (χ4n) is 1.79. The van der Waals surface area contributed by atoms with Crippen LogP contribution in [0.4, 0.5) is 0 Å². The zero-order valence-electron chi connectivity index (χ0n) is 14.9. The van der Waals surface area contributed by atoms with Gasteiger partial charge in [0, 0.05) is 0 Å². The maximum absolute atomic E-state index is 10.3. The van der Waals surface area contributed by atoms with Gasteiger partial charge in [0.2, 0.25) is 0 Å². The molecule has 0 aliphatic heterocycles. The van der Waals surface area contributed by atoms with Crippen LogP contribution in [0.2, 0.25) is 19.6 Å². The maximum atomic E-state index is 10.3. The molecule has 25 heavy (non-hydrogen) atoms. The van der Waals surface area contributed by atoms with Crippen molar-refractivity contribution in [3.8, 4) is 11.5 Å². The number of rotatable bonds is 2. The summed E-state index contributed by atoms with van der Waals surface area (Å²) in [5.74, 6) is 0.144. The molecule has 2 aromatic carbocycles. The Bertz CT molecular complexity index is 600. The largest absolute Gasteiger partial charge is 1.00 e. The van der Waals surface area contributed by atoms with Crippen LogP contribution in [0.25, 0.3) is 0 Å². The summed E-state index contributed by atoms with van der Waals surface area (Å²) in [6.07, 6.45) is 7.30. The number of hydrogen-bond donors (Lipinski definition) is 0. The zero-order valence-corrected chi connectivity index (χ0v) is 18.0. The fourth-order valence-corrected chi connectivity index (χ4v) is 7.93. The molecule has 1 aliphatic carbocycles. The van der Waals surface area contributed by atoms with Gasteiger partial charge in [-0.1, -0.05) is 60.7 Å². The van der Waals surface area contributed by atoms with Crippen molar-refractivity contribution in [2.45, 2.75) is 26.1 Å². The third-order valence-corrected chi connectivity index (χ3v) is 8.68. The Labute approximate surface area is 165 Å². The van der Waals surface area contributed by atoms with E-state index in [0.717, 1.165) is 0 Å². The molecule has 2 nitrogen and oxygen atoms in total. The van der Waals surface area contributed by atoms with Crippen molar-refractivity contribution in [1.82, 2.24) is 0 Å². The second-order valence-electron chi connectivity index (χ2n) is 6.20. The van der Waals surface area contributed by atoms with E-state index in [1.807, 2.05) is 12.1 Å². The van der Waals surface area contributed by atoms with E-state index in [-0.39, 0.29) is 23.9 Å². The average molecular weight is 411 g/mol. The molecule has 132 valence electrons.